The second-order valence-corrected chi connectivity index (χ2v) is 4.27. The molecule has 2 heterocycles. The summed E-state index contributed by atoms with van der Waals surface area (Å²) in [6.45, 7) is 7.36. The maximum absolute atomic E-state index is 4.45. The van der Waals surface area contributed by atoms with Crippen LogP contribution in [0.4, 0.5) is 5.95 Å². The van der Waals surface area contributed by atoms with Crippen LogP contribution in [0.15, 0.2) is 12.3 Å². The quantitative estimate of drug-likeness (QED) is 0.684. The molecule has 2 rings (SSSR count). The Hall–Kier alpha value is -1.16. The highest BCUT2D eigenvalue weighted by Crippen LogP contribution is 2.13. The summed E-state index contributed by atoms with van der Waals surface area (Å²) >= 11 is 0. The third-order valence-electron chi connectivity index (χ3n) is 3.02. The molecule has 1 unspecified atom stereocenters. The monoisotopic (exact) mass is 206 g/mol. The van der Waals surface area contributed by atoms with Crippen molar-refractivity contribution in [2.75, 3.05) is 31.6 Å². The van der Waals surface area contributed by atoms with Gasteiger partial charge in [0.15, 0.2) is 0 Å². The minimum absolute atomic E-state index is 0.572. The molecule has 0 aliphatic carbocycles. The number of hydrogen-bond acceptors (Lipinski definition) is 4. The number of piperazine rings is 1. The number of rotatable bonds is 1. The predicted molar refractivity (Wildman–Crippen MR) is 61.1 cm³/mol. The van der Waals surface area contributed by atoms with Crippen molar-refractivity contribution in [3.63, 3.8) is 0 Å². The number of nitrogens with zero attached hydrogens (tertiary/aromatic N) is 4. The number of anilines is 1. The average Bonchev–Trinajstić information content (AvgIpc) is 2.22. The molecule has 1 fully saturated rings. The van der Waals surface area contributed by atoms with Gasteiger partial charge in [-0.3, -0.25) is 0 Å². The first kappa shape index (κ1) is 10.4. The van der Waals surface area contributed by atoms with Crippen LogP contribution < -0.4 is 4.90 Å². The highest BCUT2D eigenvalue weighted by atomic mass is 15.3. The van der Waals surface area contributed by atoms with Crippen molar-refractivity contribution in [1.29, 1.82) is 0 Å². The minimum atomic E-state index is 0.572. The fourth-order valence-corrected chi connectivity index (χ4v) is 1.82. The van der Waals surface area contributed by atoms with E-state index in [4.69, 9.17) is 0 Å². The third-order valence-corrected chi connectivity index (χ3v) is 3.02. The normalized spacial score (nSPS) is 23.1. The van der Waals surface area contributed by atoms with Gasteiger partial charge in [0, 0.05) is 37.6 Å². The Morgan fingerprint density at radius 2 is 2.20 bits per heavy atom. The molecule has 0 amide bonds. The molecule has 82 valence electrons. The van der Waals surface area contributed by atoms with E-state index < -0.39 is 0 Å². The summed E-state index contributed by atoms with van der Waals surface area (Å²) < 4.78 is 0. The lowest BCUT2D eigenvalue weighted by atomic mass is 10.2. The van der Waals surface area contributed by atoms with E-state index >= 15 is 0 Å². The first-order valence-electron chi connectivity index (χ1n) is 5.41. The Kier molecular flexibility index (Phi) is 2.86. The summed E-state index contributed by atoms with van der Waals surface area (Å²) in [5.41, 5.74) is 1.03. The summed E-state index contributed by atoms with van der Waals surface area (Å²) in [5, 5.41) is 0. The van der Waals surface area contributed by atoms with Crippen molar-refractivity contribution in [3.8, 4) is 0 Å². The van der Waals surface area contributed by atoms with Gasteiger partial charge in [-0.15, -0.1) is 0 Å². The van der Waals surface area contributed by atoms with Gasteiger partial charge in [0.2, 0.25) is 5.95 Å². The Labute approximate surface area is 90.9 Å². The predicted octanol–water partition coefficient (Wildman–Crippen LogP) is 0.925. The van der Waals surface area contributed by atoms with Gasteiger partial charge < -0.3 is 9.80 Å². The van der Waals surface area contributed by atoms with Gasteiger partial charge in [-0.25, -0.2) is 9.97 Å². The number of likely N-dealkylation sites (N-methyl/N-ethyl adjacent to an activating group) is 1. The number of aryl methyl sites for hydroxylation is 1. The summed E-state index contributed by atoms with van der Waals surface area (Å²) in [7, 11) is 2.17. The van der Waals surface area contributed by atoms with Crippen LogP contribution in [0.3, 0.4) is 0 Å². The Morgan fingerprint density at radius 1 is 1.40 bits per heavy atom. The lowest BCUT2D eigenvalue weighted by Gasteiger charge is -2.37. The van der Waals surface area contributed by atoms with E-state index in [1.165, 1.54) is 0 Å². The highest BCUT2D eigenvalue weighted by Gasteiger charge is 2.22. The third kappa shape index (κ3) is 2.26. The fraction of sp³-hybridized carbons (Fsp3) is 0.636. The van der Waals surface area contributed by atoms with Crippen LogP contribution in [0.2, 0.25) is 0 Å². The Morgan fingerprint density at radius 3 is 2.87 bits per heavy atom. The molecule has 0 bridgehead atoms. The van der Waals surface area contributed by atoms with E-state index in [9.17, 15) is 0 Å². The van der Waals surface area contributed by atoms with Crippen molar-refractivity contribution in [3.05, 3.63) is 18.0 Å². The Balaban J connectivity index is 2.12. The summed E-state index contributed by atoms with van der Waals surface area (Å²) in [5.74, 6) is 0.870. The molecule has 1 aliphatic rings. The summed E-state index contributed by atoms with van der Waals surface area (Å²) in [4.78, 5) is 13.4. The maximum atomic E-state index is 4.45. The van der Waals surface area contributed by atoms with Crippen LogP contribution in [-0.4, -0.2) is 47.6 Å². The van der Waals surface area contributed by atoms with Gasteiger partial charge in [0.05, 0.1) is 0 Å². The molecular formula is C11H18N4. The minimum Gasteiger partial charge on any atom is -0.338 e. The fourth-order valence-electron chi connectivity index (χ4n) is 1.82. The molecule has 0 saturated carbocycles. The largest absolute Gasteiger partial charge is 0.338 e. The van der Waals surface area contributed by atoms with Crippen molar-refractivity contribution in [2.24, 2.45) is 0 Å². The van der Waals surface area contributed by atoms with Crippen molar-refractivity contribution >= 4 is 5.95 Å². The van der Waals surface area contributed by atoms with E-state index in [0.717, 1.165) is 31.3 Å². The Bertz CT molecular complexity index is 339. The van der Waals surface area contributed by atoms with Gasteiger partial charge in [-0.05, 0) is 27.0 Å². The van der Waals surface area contributed by atoms with E-state index in [2.05, 4.69) is 33.7 Å². The molecule has 15 heavy (non-hydrogen) atoms. The molecule has 0 radical (unpaired) electrons. The van der Waals surface area contributed by atoms with Crippen molar-refractivity contribution in [2.45, 2.75) is 19.9 Å². The topological polar surface area (TPSA) is 32.3 Å². The molecular weight excluding hydrogens is 188 g/mol. The second kappa shape index (κ2) is 4.14. The van der Waals surface area contributed by atoms with Crippen LogP contribution in [0.1, 0.15) is 12.6 Å². The zero-order valence-electron chi connectivity index (χ0n) is 9.64. The maximum Gasteiger partial charge on any atom is 0.225 e. The van der Waals surface area contributed by atoms with Crippen LogP contribution in [0.25, 0.3) is 0 Å². The van der Waals surface area contributed by atoms with Gasteiger partial charge >= 0.3 is 0 Å². The van der Waals surface area contributed by atoms with Gasteiger partial charge in [0.1, 0.15) is 0 Å². The molecule has 1 aliphatic heterocycles. The molecule has 0 aromatic carbocycles. The van der Waals surface area contributed by atoms with Gasteiger partial charge in [-0.1, -0.05) is 0 Å². The van der Waals surface area contributed by atoms with E-state index in [1.54, 1.807) is 0 Å². The molecule has 1 aromatic heterocycles. The SMILES string of the molecule is Cc1ccnc(N2CCN(C)C(C)C2)n1. The summed E-state index contributed by atoms with van der Waals surface area (Å²) in [6.07, 6.45) is 1.83. The first-order chi connectivity index (χ1) is 7.16. The smallest absolute Gasteiger partial charge is 0.225 e. The molecule has 0 spiro atoms. The van der Waals surface area contributed by atoms with E-state index in [-0.39, 0.29) is 0 Å². The van der Waals surface area contributed by atoms with Gasteiger partial charge in [-0.2, -0.15) is 0 Å². The van der Waals surface area contributed by atoms with Crippen LogP contribution >= 0.6 is 0 Å². The molecule has 1 aromatic rings. The van der Waals surface area contributed by atoms with Crippen LogP contribution in [0.5, 0.6) is 0 Å². The molecule has 0 N–H and O–H groups in total. The number of aromatic nitrogens is 2. The van der Waals surface area contributed by atoms with Crippen molar-refractivity contribution < 1.29 is 0 Å². The molecule has 1 saturated heterocycles. The zero-order valence-corrected chi connectivity index (χ0v) is 9.64. The second-order valence-electron chi connectivity index (χ2n) is 4.27. The zero-order chi connectivity index (χ0) is 10.8. The average molecular weight is 206 g/mol. The van der Waals surface area contributed by atoms with Crippen molar-refractivity contribution in [1.82, 2.24) is 14.9 Å². The van der Waals surface area contributed by atoms with Crippen LogP contribution in [0, 0.1) is 6.92 Å². The van der Waals surface area contributed by atoms with E-state index in [0.29, 0.717) is 6.04 Å². The lowest BCUT2D eigenvalue weighted by molar-refractivity contribution is 0.232. The highest BCUT2D eigenvalue weighted by molar-refractivity contribution is 5.31. The molecule has 4 nitrogen and oxygen atoms in total. The standard InChI is InChI=1S/C11H18N4/c1-9-4-5-12-11(13-9)15-7-6-14(3)10(2)8-15/h4-5,10H,6-8H2,1-3H3. The molecule has 1 atom stereocenters. The first-order valence-corrected chi connectivity index (χ1v) is 5.41. The van der Waals surface area contributed by atoms with E-state index in [1.807, 2.05) is 19.2 Å². The number of hydrogen-bond donors (Lipinski definition) is 0. The van der Waals surface area contributed by atoms with Gasteiger partial charge in [0.25, 0.3) is 0 Å². The summed E-state index contributed by atoms with van der Waals surface area (Å²) in [6, 6.07) is 2.51. The molecule has 4 heteroatoms. The lowest BCUT2D eigenvalue weighted by Crippen LogP contribution is -2.50. The van der Waals surface area contributed by atoms with Crippen LogP contribution in [-0.2, 0) is 0 Å².